The van der Waals surface area contributed by atoms with Crippen molar-refractivity contribution in [2.75, 3.05) is 13.2 Å². The highest BCUT2D eigenvalue weighted by Gasteiger charge is 2.20. The van der Waals surface area contributed by atoms with E-state index in [1.165, 1.54) is 340 Å². The highest BCUT2D eigenvalue weighted by Crippen LogP contribution is 2.20. The first-order valence-electron chi connectivity index (χ1n) is 35.3. The number of hydrogen-bond acceptors (Lipinski definition) is 5. The molecule has 0 aliphatic rings. The van der Waals surface area contributed by atoms with Crippen molar-refractivity contribution in [1.82, 2.24) is 5.32 Å². The van der Waals surface area contributed by atoms with Crippen molar-refractivity contribution >= 4 is 11.9 Å². The smallest absolute Gasteiger partial charge is 0.305 e. The minimum atomic E-state index is -0.666. The Morgan fingerprint density at radius 1 is 0.316 bits per heavy atom. The second-order valence-electron chi connectivity index (χ2n) is 24.6. The molecule has 0 bridgehead atoms. The van der Waals surface area contributed by atoms with Crippen molar-refractivity contribution < 1.29 is 24.5 Å². The van der Waals surface area contributed by atoms with Crippen LogP contribution in [-0.2, 0) is 14.3 Å². The lowest BCUT2D eigenvalue weighted by Crippen LogP contribution is -2.45. The van der Waals surface area contributed by atoms with Gasteiger partial charge in [0.15, 0.2) is 0 Å². The Hall–Kier alpha value is -1.14. The summed E-state index contributed by atoms with van der Waals surface area (Å²) in [6.07, 6.45) is 80.0. The third-order valence-electron chi connectivity index (χ3n) is 16.9. The van der Waals surface area contributed by atoms with Crippen molar-refractivity contribution in [1.29, 1.82) is 0 Å². The summed E-state index contributed by atoms with van der Waals surface area (Å²) in [4.78, 5) is 24.7. The van der Waals surface area contributed by atoms with E-state index in [-0.39, 0.29) is 18.5 Å². The topological polar surface area (TPSA) is 95.9 Å². The summed E-state index contributed by atoms with van der Waals surface area (Å²) >= 11 is 0. The Morgan fingerprint density at radius 3 is 0.803 bits per heavy atom. The molecule has 0 saturated carbocycles. The van der Waals surface area contributed by atoms with Crippen LogP contribution in [0.3, 0.4) is 0 Å². The van der Waals surface area contributed by atoms with E-state index in [1.54, 1.807) is 0 Å². The number of carbonyl (C=O) groups is 2. The summed E-state index contributed by atoms with van der Waals surface area (Å²) in [6, 6.07) is -0.543. The van der Waals surface area contributed by atoms with E-state index in [2.05, 4.69) is 19.2 Å². The minimum absolute atomic E-state index is 0.0167. The monoisotopic (exact) mass is 1070 g/mol. The second kappa shape index (κ2) is 66.4. The van der Waals surface area contributed by atoms with Gasteiger partial charge in [-0.2, -0.15) is 0 Å². The molecule has 0 aromatic heterocycles. The first-order valence-corrected chi connectivity index (χ1v) is 35.3. The molecule has 0 fully saturated rings. The molecule has 6 heteroatoms. The molecule has 2 atom stereocenters. The zero-order valence-corrected chi connectivity index (χ0v) is 52.0. The van der Waals surface area contributed by atoms with E-state index >= 15 is 0 Å². The SMILES string of the molecule is CCCCCCCCCCCCCCCCCCCCCCCC(O)C(CO)NC(=O)CCCCCCCCCCCCCCCCCCCCCCOC(=O)CCCCCCCCCCCCCCCCCCCC. The van der Waals surface area contributed by atoms with Crippen molar-refractivity contribution in [3.8, 4) is 0 Å². The molecule has 3 N–H and O–H groups in total. The molecule has 0 aliphatic carbocycles. The molecule has 0 spiro atoms. The van der Waals surface area contributed by atoms with E-state index in [0.29, 0.717) is 25.9 Å². The van der Waals surface area contributed by atoms with Crippen LogP contribution in [0.4, 0.5) is 0 Å². The Morgan fingerprint density at radius 2 is 0.539 bits per heavy atom. The van der Waals surface area contributed by atoms with Crippen LogP contribution < -0.4 is 5.32 Å². The lowest BCUT2D eigenvalue weighted by atomic mass is 10.0. The number of esters is 1. The summed E-state index contributed by atoms with van der Waals surface area (Å²) < 4.78 is 5.51. The van der Waals surface area contributed by atoms with Gasteiger partial charge in [0.2, 0.25) is 5.91 Å². The van der Waals surface area contributed by atoms with Gasteiger partial charge in [0.05, 0.1) is 25.4 Å². The van der Waals surface area contributed by atoms with E-state index in [0.717, 1.165) is 38.5 Å². The van der Waals surface area contributed by atoms with E-state index in [1.807, 2.05) is 0 Å². The number of hydrogen-bond donors (Lipinski definition) is 3. The third kappa shape index (κ3) is 62.1. The van der Waals surface area contributed by atoms with Crippen molar-refractivity contribution in [2.24, 2.45) is 0 Å². The van der Waals surface area contributed by atoms with Gasteiger partial charge in [0.25, 0.3) is 0 Å². The second-order valence-corrected chi connectivity index (χ2v) is 24.6. The number of amides is 1. The van der Waals surface area contributed by atoms with Gasteiger partial charge in [0.1, 0.15) is 0 Å². The maximum absolute atomic E-state index is 12.5. The average molecular weight is 1070 g/mol. The van der Waals surface area contributed by atoms with Crippen LogP contribution >= 0.6 is 0 Å². The highest BCUT2D eigenvalue weighted by atomic mass is 16.5. The largest absolute Gasteiger partial charge is 0.466 e. The molecule has 76 heavy (non-hydrogen) atoms. The molecule has 0 saturated heterocycles. The quantitative estimate of drug-likeness (QED) is 0.0417. The lowest BCUT2D eigenvalue weighted by molar-refractivity contribution is -0.143. The first kappa shape index (κ1) is 74.9. The molecule has 1 amide bonds. The van der Waals surface area contributed by atoms with Gasteiger partial charge in [-0.3, -0.25) is 9.59 Å². The maximum atomic E-state index is 12.5. The van der Waals surface area contributed by atoms with Gasteiger partial charge >= 0.3 is 5.97 Å². The summed E-state index contributed by atoms with van der Waals surface area (Å²) in [5.74, 6) is -0.0146. The normalized spacial score (nSPS) is 12.4. The molecule has 0 rings (SSSR count). The summed E-state index contributed by atoms with van der Waals surface area (Å²) in [7, 11) is 0. The Bertz CT molecular complexity index is 1100. The molecule has 2 unspecified atom stereocenters. The van der Waals surface area contributed by atoms with Crippen LogP contribution in [0.5, 0.6) is 0 Å². The van der Waals surface area contributed by atoms with Crippen molar-refractivity contribution in [3.63, 3.8) is 0 Å². The van der Waals surface area contributed by atoms with Gasteiger partial charge in [0, 0.05) is 12.8 Å². The number of rotatable bonds is 67. The molecule has 0 aromatic rings. The molecule has 0 aliphatic heterocycles. The van der Waals surface area contributed by atoms with Crippen LogP contribution in [0.1, 0.15) is 412 Å². The standard InChI is InChI=1S/C70H139NO5/c1-3-5-7-9-11-13-15-17-19-21-23-24-27-30-34-38-42-46-50-54-58-62-68(73)67(66-72)71-69(74)63-59-55-51-47-43-39-35-31-28-25-26-29-33-37-41-45-49-53-57-61-65-76-70(75)64-60-56-52-48-44-40-36-32-22-20-18-16-14-12-10-8-6-4-2/h67-68,72-73H,3-66H2,1-2H3,(H,71,74). The number of nitrogens with one attached hydrogen (secondary N) is 1. The van der Waals surface area contributed by atoms with Crippen LogP contribution in [0.15, 0.2) is 0 Å². The summed E-state index contributed by atoms with van der Waals surface area (Å²) in [5.41, 5.74) is 0. The van der Waals surface area contributed by atoms with Crippen LogP contribution in [0, 0.1) is 0 Å². The van der Waals surface area contributed by atoms with Gasteiger partial charge in [-0.05, 0) is 25.7 Å². The maximum Gasteiger partial charge on any atom is 0.305 e. The fourth-order valence-electron chi connectivity index (χ4n) is 11.5. The number of carbonyl (C=O) groups excluding carboxylic acids is 2. The molecule has 454 valence electrons. The van der Waals surface area contributed by atoms with Crippen LogP contribution in [0.2, 0.25) is 0 Å². The molecular weight excluding hydrogens is 935 g/mol. The predicted octanol–water partition coefficient (Wildman–Crippen LogP) is 22.6. The Labute approximate surface area is 476 Å². The van der Waals surface area contributed by atoms with Crippen LogP contribution in [-0.4, -0.2) is 47.4 Å². The first-order chi connectivity index (χ1) is 37.5. The Kier molecular flexibility index (Phi) is 65.4. The summed E-state index contributed by atoms with van der Waals surface area (Å²) in [6.45, 7) is 5.00. The van der Waals surface area contributed by atoms with Crippen molar-refractivity contribution in [2.45, 2.75) is 424 Å². The van der Waals surface area contributed by atoms with E-state index < -0.39 is 12.1 Å². The highest BCUT2D eigenvalue weighted by molar-refractivity contribution is 5.76. The number of aliphatic hydroxyl groups is 2. The molecule has 0 aromatic carbocycles. The molecule has 0 heterocycles. The fourth-order valence-corrected chi connectivity index (χ4v) is 11.5. The van der Waals surface area contributed by atoms with Crippen LogP contribution in [0.25, 0.3) is 0 Å². The van der Waals surface area contributed by atoms with Gasteiger partial charge in [-0.15, -0.1) is 0 Å². The molecular formula is C70H139NO5. The predicted molar refractivity (Wildman–Crippen MR) is 334 cm³/mol. The number of aliphatic hydroxyl groups excluding tert-OH is 2. The number of ether oxygens (including phenoxy) is 1. The fraction of sp³-hybridized carbons (Fsp3) is 0.971. The van der Waals surface area contributed by atoms with E-state index in [9.17, 15) is 19.8 Å². The minimum Gasteiger partial charge on any atom is -0.466 e. The number of unbranched alkanes of at least 4 members (excludes halogenated alkanes) is 56. The van der Waals surface area contributed by atoms with Gasteiger partial charge in [-0.1, -0.05) is 373 Å². The molecule has 0 radical (unpaired) electrons. The third-order valence-corrected chi connectivity index (χ3v) is 16.9. The average Bonchev–Trinajstić information content (AvgIpc) is 3.42. The van der Waals surface area contributed by atoms with Crippen molar-refractivity contribution in [3.05, 3.63) is 0 Å². The van der Waals surface area contributed by atoms with E-state index in [4.69, 9.17) is 4.74 Å². The summed E-state index contributed by atoms with van der Waals surface area (Å²) in [5, 5.41) is 23.4. The zero-order chi connectivity index (χ0) is 55.0. The van der Waals surface area contributed by atoms with Gasteiger partial charge in [-0.25, -0.2) is 0 Å². The van der Waals surface area contributed by atoms with Gasteiger partial charge < -0.3 is 20.3 Å². The lowest BCUT2D eigenvalue weighted by Gasteiger charge is -2.22. The molecule has 6 nitrogen and oxygen atoms in total. The Balaban J connectivity index is 3.36. The zero-order valence-electron chi connectivity index (χ0n) is 52.0.